The summed E-state index contributed by atoms with van der Waals surface area (Å²) < 4.78 is 32.0. The molecule has 0 aromatic heterocycles. The van der Waals surface area contributed by atoms with Crippen molar-refractivity contribution in [3.8, 4) is 0 Å². The molecule has 11 heteroatoms. The standard InChI is InChI=1S/C15H33N2O8P/c1-3-4-5-6-15(19)25-14(11-22-10-8-17-13(2)18)12-24-26(20,21)23-9-7-16/h14-15,19H,3-12,16H2,1-2H3,(H,17,18)(H,20,21). The monoisotopic (exact) mass is 400 g/mol. The summed E-state index contributed by atoms with van der Waals surface area (Å²) in [6, 6.07) is 0. The molecule has 0 spiro atoms. The average Bonchev–Trinajstić information content (AvgIpc) is 2.57. The fourth-order valence-corrected chi connectivity index (χ4v) is 2.65. The van der Waals surface area contributed by atoms with Crippen LogP contribution in [0.2, 0.25) is 0 Å². The summed E-state index contributed by atoms with van der Waals surface area (Å²) in [6.07, 6.45) is 1.41. The van der Waals surface area contributed by atoms with Crippen molar-refractivity contribution in [1.29, 1.82) is 0 Å². The average molecular weight is 400 g/mol. The van der Waals surface area contributed by atoms with Crippen molar-refractivity contribution in [2.45, 2.75) is 51.9 Å². The number of hydrogen-bond acceptors (Lipinski definition) is 8. The van der Waals surface area contributed by atoms with Crippen molar-refractivity contribution in [3.05, 3.63) is 0 Å². The molecule has 3 unspecified atom stereocenters. The van der Waals surface area contributed by atoms with E-state index in [2.05, 4.69) is 9.84 Å². The van der Waals surface area contributed by atoms with Crippen LogP contribution in [0, 0.1) is 0 Å². The Hall–Kier alpha value is -0.580. The molecule has 0 aromatic carbocycles. The number of rotatable bonds is 17. The molecule has 0 heterocycles. The number of aliphatic hydroxyl groups is 1. The Kier molecular flexibility index (Phi) is 15.1. The summed E-state index contributed by atoms with van der Waals surface area (Å²) in [5.41, 5.74) is 5.21. The third-order valence-corrected chi connectivity index (χ3v) is 4.11. The minimum Gasteiger partial charge on any atom is -0.377 e. The first kappa shape index (κ1) is 25.4. The first-order valence-electron chi connectivity index (χ1n) is 8.78. The van der Waals surface area contributed by atoms with Gasteiger partial charge in [-0.25, -0.2) is 4.57 Å². The maximum atomic E-state index is 11.7. The number of aliphatic hydroxyl groups excluding tert-OH is 1. The van der Waals surface area contributed by atoms with E-state index in [-0.39, 0.29) is 38.9 Å². The van der Waals surface area contributed by atoms with E-state index in [4.69, 9.17) is 19.7 Å². The lowest BCUT2D eigenvalue weighted by Crippen LogP contribution is -2.32. The van der Waals surface area contributed by atoms with Gasteiger partial charge in [-0.3, -0.25) is 13.8 Å². The molecule has 10 nitrogen and oxygen atoms in total. The van der Waals surface area contributed by atoms with Crippen LogP contribution in [-0.2, 0) is 27.9 Å². The minimum atomic E-state index is -4.24. The first-order chi connectivity index (χ1) is 12.3. The smallest absolute Gasteiger partial charge is 0.377 e. The van der Waals surface area contributed by atoms with E-state index in [0.717, 1.165) is 19.3 Å². The number of amides is 1. The van der Waals surface area contributed by atoms with Crippen LogP contribution in [0.5, 0.6) is 0 Å². The molecule has 0 aliphatic carbocycles. The van der Waals surface area contributed by atoms with E-state index in [1.54, 1.807) is 0 Å². The molecule has 0 aliphatic rings. The van der Waals surface area contributed by atoms with Crippen molar-refractivity contribution < 1.29 is 37.9 Å². The third kappa shape index (κ3) is 15.7. The Morgan fingerprint density at radius 1 is 1.23 bits per heavy atom. The molecule has 3 atom stereocenters. The van der Waals surface area contributed by atoms with Gasteiger partial charge in [0, 0.05) is 20.0 Å². The molecule has 0 fully saturated rings. The van der Waals surface area contributed by atoms with E-state index in [1.165, 1.54) is 6.92 Å². The highest BCUT2D eigenvalue weighted by atomic mass is 31.2. The highest BCUT2D eigenvalue weighted by molar-refractivity contribution is 7.47. The topological polar surface area (TPSA) is 150 Å². The van der Waals surface area contributed by atoms with Gasteiger partial charge in [0.25, 0.3) is 0 Å². The van der Waals surface area contributed by atoms with Crippen LogP contribution in [0.1, 0.15) is 39.5 Å². The number of ether oxygens (including phenoxy) is 2. The number of hydrogen-bond donors (Lipinski definition) is 4. The summed E-state index contributed by atoms with van der Waals surface area (Å²) in [4.78, 5) is 20.3. The van der Waals surface area contributed by atoms with E-state index in [1.807, 2.05) is 6.92 Å². The van der Waals surface area contributed by atoms with E-state index in [9.17, 15) is 19.4 Å². The van der Waals surface area contributed by atoms with Crippen molar-refractivity contribution >= 4 is 13.7 Å². The molecule has 0 radical (unpaired) electrons. The summed E-state index contributed by atoms with van der Waals surface area (Å²) in [6.45, 7) is 3.67. The molecule has 0 bridgehead atoms. The molecule has 1 amide bonds. The second kappa shape index (κ2) is 15.5. The van der Waals surface area contributed by atoms with Gasteiger partial charge in [-0.05, 0) is 12.8 Å². The highest BCUT2D eigenvalue weighted by Gasteiger charge is 2.24. The number of carbonyl (C=O) groups is 1. The van der Waals surface area contributed by atoms with Gasteiger partial charge >= 0.3 is 7.82 Å². The second-order valence-corrected chi connectivity index (χ2v) is 7.11. The Balaban J connectivity index is 4.37. The SMILES string of the molecule is CCCCCC(O)OC(COCCNC(C)=O)COP(=O)(O)OCCN. The Labute approximate surface area is 154 Å². The largest absolute Gasteiger partial charge is 0.472 e. The molecule has 0 aromatic rings. The van der Waals surface area contributed by atoms with Crippen LogP contribution in [0.25, 0.3) is 0 Å². The van der Waals surface area contributed by atoms with Crippen molar-refractivity contribution in [3.63, 3.8) is 0 Å². The molecular formula is C15H33N2O8P. The van der Waals surface area contributed by atoms with Gasteiger partial charge in [0.1, 0.15) is 6.10 Å². The molecular weight excluding hydrogens is 367 g/mol. The summed E-state index contributed by atoms with van der Waals surface area (Å²) in [5, 5.41) is 12.5. The molecule has 0 saturated heterocycles. The molecule has 0 rings (SSSR count). The molecule has 26 heavy (non-hydrogen) atoms. The predicted octanol–water partition coefficient (Wildman–Crippen LogP) is 0.515. The fourth-order valence-electron chi connectivity index (χ4n) is 1.88. The quantitative estimate of drug-likeness (QED) is 0.156. The van der Waals surface area contributed by atoms with Crippen LogP contribution < -0.4 is 11.1 Å². The Morgan fingerprint density at radius 3 is 2.58 bits per heavy atom. The molecule has 156 valence electrons. The van der Waals surface area contributed by atoms with E-state index in [0.29, 0.717) is 13.0 Å². The van der Waals surface area contributed by atoms with Crippen molar-refractivity contribution in [2.24, 2.45) is 5.73 Å². The van der Waals surface area contributed by atoms with Crippen molar-refractivity contribution in [1.82, 2.24) is 5.32 Å². The van der Waals surface area contributed by atoms with Gasteiger partial charge in [0.05, 0.1) is 26.4 Å². The fraction of sp³-hybridized carbons (Fsp3) is 0.933. The van der Waals surface area contributed by atoms with Crippen molar-refractivity contribution in [2.75, 3.05) is 39.5 Å². The highest BCUT2D eigenvalue weighted by Crippen LogP contribution is 2.43. The number of phosphoric acid groups is 1. The Morgan fingerprint density at radius 2 is 1.96 bits per heavy atom. The summed E-state index contributed by atoms with van der Waals surface area (Å²) in [5.74, 6) is -0.172. The lowest BCUT2D eigenvalue weighted by molar-refractivity contribution is -0.165. The maximum Gasteiger partial charge on any atom is 0.472 e. The number of nitrogens with two attached hydrogens (primary N) is 1. The third-order valence-electron chi connectivity index (χ3n) is 3.12. The lowest BCUT2D eigenvalue weighted by Gasteiger charge is -2.22. The van der Waals surface area contributed by atoms with Gasteiger partial charge < -0.3 is 30.5 Å². The van der Waals surface area contributed by atoms with Crippen LogP contribution in [0.15, 0.2) is 0 Å². The van der Waals surface area contributed by atoms with Gasteiger partial charge in [-0.2, -0.15) is 0 Å². The maximum absolute atomic E-state index is 11.7. The van der Waals surface area contributed by atoms with Crippen LogP contribution in [-0.4, -0.2) is 67.8 Å². The van der Waals surface area contributed by atoms with E-state index >= 15 is 0 Å². The number of carbonyl (C=O) groups excluding carboxylic acids is 1. The minimum absolute atomic E-state index is 0.0152. The zero-order valence-corrected chi connectivity index (χ0v) is 16.5. The van der Waals surface area contributed by atoms with Crippen LogP contribution in [0.4, 0.5) is 0 Å². The second-order valence-electron chi connectivity index (χ2n) is 5.65. The predicted molar refractivity (Wildman–Crippen MR) is 95.3 cm³/mol. The summed E-state index contributed by atoms with van der Waals surface area (Å²) in [7, 11) is -4.24. The van der Waals surface area contributed by atoms with Gasteiger partial charge in [0.2, 0.25) is 5.91 Å². The molecule has 0 aliphatic heterocycles. The van der Waals surface area contributed by atoms with Gasteiger partial charge in [-0.15, -0.1) is 0 Å². The number of phosphoric ester groups is 1. The first-order valence-corrected chi connectivity index (χ1v) is 10.3. The molecule has 5 N–H and O–H groups in total. The zero-order valence-electron chi connectivity index (χ0n) is 15.6. The summed E-state index contributed by atoms with van der Waals surface area (Å²) >= 11 is 0. The normalized spacial score (nSPS) is 16.0. The van der Waals surface area contributed by atoms with Gasteiger partial charge in [-0.1, -0.05) is 19.8 Å². The zero-order chi connectivity index (χ0) is 19.8. The number of unbranched alkanes of at least 4 members (excludes halogenated alkanes) is 2. The lowest BCUT2D eigenvalue weighted by atomic mass is 10.2. The van der Waals surface area contributed by atoms with Crippen LogP contribution >= 0.6 is 7.82 Å². The van der Waals surface area contributed by atoms with Gasteiger partial charge in [0.15, 0.2) is 6.29 Å². The Bertz CT molecular complexity index is 413. The van der Waals surface area contributed by atoms with Crippen LogP contribution in [0.3, 0.4) is 0 Å². The van der Waals surface area contributed by atoms with E-state index < -0.39 is 20.2 Å². The number of nitrogens with one attached hydrogen (secondary N) is 1. The molecule has 0 saturated carbocycles.